The zero-order valence-corrected chi connectivity index (χ0v) is 15.3. The summed E-state index contributed by atoms with van der Waals surface area (Å²) < 4.78 is 10.7. The average Bonchev–Trinajstić information content (AvgIpc) is 3.01. The summed E-state index contributed by atoms with van der Waals surface area (Å²) in [5.41, 5.74) is 1.93. The van der Waals surface area contributed by atoms with E-state index < -0.39 is 0 Å². The van der Waals surface area contributed by atoms with Crippen LogP contribution in [0.4, 0.5) is 0 Å². The molecule has 0 saturated heterocycles. The Morgan fingerprint density at radius 3 is 2.76 bits per heavy atom. The fraction of sp³-hybridized carbons (Fsp3) is 0.278. The second kappa shape index (κ2) is 7.95. The van der Waals surface area contributed by atoms with Gasteiger partial charge in [0.15, 0.2) is 18.0 Å². The van der Waals surface area contributed by atoms with Crippen LogP contribution in [0.25, 0.3) is 0 Å². The van der Waals surface area contributed by atoms with E-state index in [0.717, 1.165) is 27.5 Å². The molecule has 2 N–H and O–H groups in total. The first-order valence-electron chi connectivity index (χ1n) is 7.92. The van der Waals surface area contributed by atoms with Crippen LogP contribution in [0.3, 0.4) is 0 Å². The number of carbonyl (C=O) groups is 1. The molecule has 1 heterocycles. The molecular weight excluding hydrogens is 363 g/mol. The van der Waals surface area contributed by atoms with Gasteiger partial charge in [-0.05, 0) is 35.9 Å². The number of rotatable bonds is 6. The van der Waals surface area contributed by atoms with Gasteiger partial charge in [-0.25, -0.2) is 0 Å². The number of benzene rings is 2. The van der Waals surface area contributed by atoms with E-state index in [1.807, 2.05) is 31.3 Å². The summed E-state index contributed by atoms with van der Waals surface area (Å²) in [5, 5.41) is 4.01. The quantitative estimate of drug-likeness (QED) is 0.804. The van der Waals surface area contributed by atoms with Crippen molar-refractivity contribution in [1.29, 1.82) is 0 Å². The second-order valence-electron chi connectivity index (χ2n) is 6.01. The molecule has 0 spiro atoms. The molecule has 1 aliphatic heterocycles. The number of hydrogen-bond acceptors (Lipinski definition) is 3. The maximum Gasteiger partial charge on any atom is 0.275 e. The van der Waals surface area contributed by atoms with E-state index in [1.54, 1.807) is 12.1 Å². The van der Waals surface area contributed by atoms with Gasteiger partial charge in [0.1, 0.15) is 6.54 Å². The van der Waals surface area contributed by atoms with E-state index in [0.29, 0.717) is 29.7 Å². The largest absolute Gasteiger partial charge is 0.454 e. The van der Waals surface area contributed by atoms with Crippen LogP contribution < -0.4 is 19.7 Å². The third-order valence-corrected chi connectivity index (χ3v) is 4.48. The van der Waals surface area contributed by atoms with Gasteiger partial charge in [-0.2, -0.15) is 0 Å². The lowest BCUT2D eigenvalue weighted by Crippen LogP contribution is -3.08. The summed E-state index contributed by atoms with van der Waals surface area (Å²) in [7, 11) is 1.97. The molecule has 132 valence electrons. The molecular formula is C18H19Cl2N2O3+. The zero-order chi connectivity index (χ0) is 17.8. The summed E-state index contributed by atoms with van der Waals surface area (Å²) in [4.78, 5) is 13.2. The topological polar surface area (TPSA) is 52.0 Å². The van der Waals surface area contributed by atoms with Gasteiger partial charge in [-0.1, -0.05) is 29.3 Å². The maximum absolute atomic E-state index is 12.1. The average molecular weight is 382 g/mol. The fourth-order valence-corrected chi connectivity index (χ4v) is 3.13. The van der Waals surface area contributed by atoms with Crippen molar-refractivity contribution in [2.45, 2.75) is 13.1 Å². The SMILES string of the molecule is C[NH+](CC(=O)NCc1ccc(Cl)cc1Cl)Cc1ccc2c(c1)OCO2. The van der Waals surface area contributed by atoms with Crippen LogP contribution in [0, 0.1) is 0 Å². The first-order chi connectivity index (χ1) is 12.0. The highest BCUT2D eigenvalue weighted by Gasteiger charge is 2.16. The predicted molar refractivity (Wildman–Crippen MR) is 96.3 cm³/mol. The molecule has 1 atom stereocenters. The van der Waals surface area contributed by atoms with Crippen LogP contribution in [-0.2, 0) is 17.9 Å². The van der Waals surface area contributed by atoms with Gasteiger partial charge in [-0.3, -0.25) is 4.79 Å². The van der Waals surface area contributed by atoms with Crippen molar-refractivity contribution in [3.8, 4) is 11.5 Å². The van der Waals surface area contributed by atoms with Crippen LogP contribution in [0.2, 0.25) is 10.0 Å². The van der Waals surface area contributed by atoms with Gasteiger partial charge >= 0.3 is 0 Å². The molecule has 0 radical (unpaired) electrons. The number of halogens is 2. The van der Waals surface area contributed by atoms with Crippen LogP contribution in [0.15, 0.2) is 36.4 Å². The number of likely N-dealkylation sites (N-methyl/N-ethyl adjacent to an activating group) is 1. The Morgan fingerprint density at radius 1 is 1.16 bits per heavy atom. The highest BCUT2D eigenvalue weighted by molar-refractivity contribution is 6.35. The second-order valence-corrected chi connectivity index (χ2v) is 6.85. The molecule has 0 bridgehead atoms. The molecule has 2 aromatic carbocycles. The highest BCUT2D eigenvalue weighted by Crippen LogP contribution is 2.32. The van der Waals surface area contributed by atoms with Gasteiger partial charge in [0, 0.05) is 22.2 Å². The Bertz CT molecular complexity index is 783. The monoisotopic (exact) mass is 381 g/mol. The number of quaternary nitrogens is 1. The van der Waals surface area contributed by atoms with Crippen molar-refractivity contribution in [3.63, 3.8) is 0 Å². The Hall–Kier alpha value is -1.95. The molecule has 2 aromatic rings. The predicted octanol–water partition coefficient (Wildman–Crippen LogP) is 2.05. The molecule has 7 heteroatoms. The molecule has 1 amide bonds. The van der Waals surface area contributed by atoms with Crippen molar-refractivity contribution >= 4 is 29.1 Å². The van der Waals surface area contributed by atoms with Gasteiger partial charge in [0.25, 0.3) is 5.91 Å². The fourth-order valence-electron chi connectivity index (χ4n) is 2.66. The normalized spacial score (nSPS) is 13.6. The highest BCUT2D eigenvalue weighted by atomic mass is 35.5. The molecule has 3 rings (SSSR count). The summed E-state index contributed by atoms with van der Waals surface area (Å²) in [6, 6.07) is 11.1. The Morgan fingerprint density at radius 2 is 1.96 bits per heavy atom. The Balaban J connectivity index is 1.49. The minimum atomic E-state index is -0.0377. The third kappa shape index (κ3) is 4.78. The molecule has 0 aliphatic carbocycles. The number of carbonyl (C=O) groups excluding carboxylic acids is 1. The van der Waals surface area contributed by atoms with Gasteiger partial charge in [-0.15, -0.1) is 0 Å². The maximum atomic E-state index is 12.1. The van der Waals surface area contributed by atoms with E-state index >= 15 is 0 Å². The van der Waals surface area contributed by atoms with Crippen molar-refractivity contribution in [3.05, 3.63) is 57.6 Å². The van der Waals surface area contributed by atoms with E-state index in [4.69, 9.17) is 32.7 Å². The van der Waals surface area contributed by atoms with E-state index in [1.165, 1.54) is 0 Å². The molecule has 0 saturated carbocycles. The van der Waals surface area contributed by atoms with Gasteiger partial charge in [0.2, 0.25) is 6.79 Å². The Labute approximate surface area is 156 Å². The minimum Gasteiger partial charge on any atom is -0.454 e. The minimum absolute atomic E-state index is 0.0377. The summed E-state index contributed by atoms with van der Waals surface area (Å²) >= 11 is 12.0. The van der Waals surface area contributed by atoms with Crippen LogP contribution in [0.5, 0.6) is 11.5 Å². The summed E-state index contributed by atoms with van der Waals surface area (Å²) in [6.45, 7) is 1.72. The first kappa shape index (κ1) is 17.9. The smallest absolute Gasteiger partial charge is 0.275 e. The van der Waals surface area contributed by atoms with E-state index in [-0.39, 0.29) is 12.7 Å². The molecule has 1 unspecified atom stereocenters. The van der Waals surface area contributed by atoms with Crippen molar-refractivity contribution in [1.82, 2.24) is 5.32 Å². The van der Waals surface area contributed by atoms with Crippen LogP contribution in [-0.4, -0.2) is 26.3 Å². The standard InChI is InChI=1S/C18H18Cl2N2O3/c1-22(9-12-2-5-16-17(6-12)25-11-24-16)10-18(23)21-8-13-3-4-14(19)7-15(13)20/h2-7H,8-11H2,1H3,(H,21,23)/p+1. The van der Waals surface area contributed by atoms with E-state index in [9.17, 15) is 4.79 Å². The molecule has 1 aliphatic rings. The van der Waals surface area contributed by atoms with Crippen molar-refractivity contribution in [2.24, 2.45) is 0 Å². The first-order valence-corrected chi connectivity index (χ1v) is 8.67. The van der Waals surface area contributed by atoms with Crippen LogP contribution >= 0.6 is 23.2 Å². The molecule has 5 nitrogen and oxygen atoms in total. The van der Waals surface area contributed by atoms with Crippen molar-refractivity contribution in [2.75, 3.05) is 20.4 Å². The molecule has 0 aromatic heterocycles. The number of fused-ring (bicyclic) bond motifs is 1. The Kier molecular flexibility index (Phi) is 5.68. The molecule has 0 fully saturated rings. The zero-order valence-electron chi connectivity index (χ0n) is 13.8. The number of amides is 1. The number of hydrogen-bond donors (Lipinski definition) is 2. The van der Waals surface area contributed by atoms with Crippen LogP contribution in [0.1, 0.15) is 11.1 Å². The summed E-state index contributed by atoms with van der Waals surface area (Å²) in [6.07, 6.45) is 0. The number of nitrogens with one attached hydrogen (secondary N) is 2. The van der Waals surface area contributed by atoms with Crippen molar-refractivity contribution < 1.29 is 19.2 Å². The lowest BCUT2D eigenvalue weighted by molar-refractivity contribution is -0.885. The lowest BCUT2D eigenvalue weighted by Gasteiger charge is -2.14. The summed E-state index contributed by atoms with van der Waals surface area (Å²) in [5.74, 6) is 1.48. The molecule has 25 heavy (non-hydrogen) atoms. The van der Waals surface area contributed by atoms with Gasteiger partial charge < -0.3 is 19.7 Å². The number of ether oxygens (including phenoxy) is 2. The van der Waals surface area contributed by atoms with E-state index in [2.05, 4.69) is 5.32 Å². The third-order valence-electron chi connectivity index (χ3n) is 3.90. The lowest BCUT2D eigenvalue weighted by atomic mass is 10.2. The van der Waals surface area contributed by atoms with Gasteiger partial charge in [0.05, 0.1) is 7.05 Å².